The molecule has 0 atom stereocenters. The van der Waals surface area contributed by atoms with E-state index < -0.39 is 5.97 Å². The molecule has 1 aromatic heterocycles. The predicted molar refractivity (Wildman–Crippen MR) is 79.6 cm³/mol. The van der Waals surface area contributed by atoms with Crippen molar-refractivity contribution < 1.29 is 19.4 Å². The number of hydrogen-bond acceptors (Lipinski definition) is 5. The SMILES string of the molecule is COc1ccccc1N(C(C)=O)c1nc(C)c(C(=O)O)s1. The first-order valence-electron chi connectivity index (χ1n) is 6.10. The van der Waals surface area contributed by atoms with Gasteiger partial charge in [-0.05, 0) is 19.1 Å². The molecule has 0 spiro atoms. The fourth-order valence-corrected chi connectivity index (χ4v) is 2.86. The topological polar surface area (TPSA) is 79.7 Å². The summed E-state index contributed by atoms with van der Waals surface area (Å²) in [6.45, 7) is 2.99. The Morgan fingerprint density at radius 2 is 2.00 bits per heavy atom. The summed E-state index contributed by atoms with van der Waals surface area (Å²) in [6.07, 6.45) is 0. The van der Waals surface area contributed by atoms with Crippen LogP contribution in [-0.2, 0) is 4.79 Å². The molecule has 21 heavy (non-hydrogen) atoms. The van der Waals surface area contributed by atoms with E-state index in [-0.39, 0.29) is 10.8 Å². The molecule has 0 fully saturated rings. The Morgan fingerprint density at radius 3 is 2.52 bits per heavy atom. The number of anilines is 2. The lowest BCUT2D eigenvalue weighted by Crippen LogP contribution is -2.23. The van der Waals surface area contributed by atoms with Crippen molar-refractivity contribution in [2.45, 2.75) is 13.8 Å². The first-order valence-corrected chi connectivity index (χ1v) is 6.91. The van der Waals surface area contributed by atoms with Gasteiger partial charge in [-0.3, -0.25) is 9.69 Å². The zero-order valence-corrected chi connectivity index (χ0v) is 12.6. The number of amides is 1. The maximum atomic E-state index is 12.0. The van der Waals surface area contributed by atoms with Gasteiger partial charge < -0.3 is 9.84 Å². The highest BCUT2D eigenvalue weighted by Crippen LogP contribution is 2.36. The predicted octanol–water partition coefficient (Wildman–Crippen LogP) is 2.84. The van der Waals surface area contributed by atoms with Crippen molar-refractivity contribution in [3.05, 3.63) is 34.8 Å². The van der Waals surface area contributed by atoms with Gasteiger partial charge in [0.1, 0.15) is 10.6 Å². The number of rotatable bonds is 4. The van der Waals surface area contributed by atoms with Crippen LogP contribution in [0.3, 0.4) is 0 Å². The fourth-order valence-electron chi connectivity index (χ4n) is 1.90. The van der Waals surface area contributed by atoms with Crippen LogP contribution in [-0.4, -0.2) is 29.1 Å². The Morgan fingerprint density at radius 1 is 1.33 bits per heavy atom. The highest BCUT2D eigenvalue weighted by molar-refractivity contribution is 7.17. The van der Waals surface area contributed by atoms with Crippen molar-refractivity contribution in [2.75, 3.05) is 12.0 Å². The van der Waals surface area contributed by atoms with Gasteiger partial charge in [-0.1, -0.05) is 23.5 Å². The molecule has 0 saturated heterocycles. The van der Waals surface area contributed by atoms with Crippen LogP contribution in [0.5, 0.6) is 5.75 Å². The van der Waals surface area contributed by atoms with E-state index in [0.29, 0.717) is 22.3 Å². The summed E-state index contributed by atoms with van der Waals surface area (Å²) in [7, 11) is 1.51. The summed E-state index contributed by atoms with van der Waals surface area (Å²) in [6, 6.07) is 7.00. The minimum atomic E-state index is -1.06. The van der Waals surface area contributed by atoms with E-state index in [0.717, 1.165) is 11.3 Å². The number of carboxylic acid groups (broad SMARTS) is 1. The molecule has 0 unspecified atom stereocenters. The summed E-state index contributed by atoms with van der Waals surface area (Å²) in [4.78, 5) is 28.8. The highest BCUT2D eigenvalue weighted by Gasteiger charge is 2.24. The van der Waals surface area contributed by atoms with E-state index in [1.165, 1.54) is 18.9 Å². The second-order valence-electron chi connectivity index (χ2n) is 4.24. The van der Waals surface area contributed by atoms with Crippen LogP contribution in [0, 0.1) is 6.92 Å². The maximum Gasteiger partial charge on any atom is 0.347 e. The van der Waals surface area contributed by atoms with E-state index in [1.807, 2.05) is 0 Å². The quantitative estimate of drug-likeness (QED) is 0.939. The number of thiazole rings is 1. The number of aromatic carboxylic acids is 1. The zero-order chi connectivity index (χ0) is 15.6. The summed E-state index contributed by atoms with van der Waals surface area (Å²) < 4.78 is 5.25. The summed E-state index contributed by atoms with van der Waals surface area (Å²) in [5.41, 5.74) is 0.904. The summed E-state index contributed by atoms with van der Waals surface area (Å²) >= 11 is 0.957. The molecule has 2 rings (SSSR count). The Labute approximate surface area is 125 Å². The number of ether oxygens (including phenoxy) is 1. The van der Waals surface area contributed by atoms with Gasteiger partial charge in [0, 0.05) is 6.92 Å². The third-order valence-electron chi connectivity index (χ3n) is 2.81. The van der Waals surface area contributed by atoms with Crippen LogP contribution in [0.1, 0.15) is 22.3 Å². The number of aromatic nitrogens is 1. The van der Waals surface area contributed by atoms with E-state index in [2.05, 4.69) is 4.98 Å². The monoisotopic (exact) mass is 306 g/mol. The molecular formula is C14H14N2O4S. The lowest BCUT2D eigenvalue weighted by atomic mass is 10.2. The van der Waals surface area contributed by atoms with Crippen molar-refractivity contribution in [2.24, 2.45) is 0 Å². The molecule has 0 aliphatic heterocycles. The average Bonchev–Trinajstić information content (AvgIpc) is 2.81. The number of carboxylic acids is 1. The lowest BCUT2D eigenvalue weighted by Gasteiger charge is -2.20. The number of carbonyl (C=O) groups excluding carboxylic acids is 1. The highest BCUT2D eigenvalue weighted by atomic mass is 32.1. The van der Waals surface area contributed by atoms with Crippen LogP contribution < -0.4 is 9.64 Å². The number of benzene rings is 1. The second-order valence-corrected chi connectivity index (χ2v) is 5.22. The van der Waals surface area contributed by atoms with Gasteiger partial charge in [-0.25, -0.2) is 9.78 Å². The first kappa shape index (κ1) is 15.0. The molecule has 0 aliphatic rings. The number of hydrogen-bond donors (Lipinski definition) is 1. The molecule has 1 amide bonds. The largest absolute Gasteiger partial charge is 0.495 e. The molecule has 2 aromatic rings. The Hall–Kier alpha value is -2.41. The third-order valence-corrected chi connectivity index (χ3v) is 3.94. The smallest absolute Gasteiger partial charge is 0.347 e. The van der Waals surface area contributed by atoms with E-state index in [1.54, 1.807) is 31.2 Å². The van der Waals surface area contributed by atoms with Gasteiger partial charge in [0.25, 0.3) is 0 Å². The van der Waals surface area contributed by atoms with Gasteiger partial charge in [-0.15, -0.1) is 0 Å². The Balaban J connectivity index is 2.57. The van der Waals surface area contributed by atoms with Crippen LogP contribution in [0.15, 0.2) is 24.3 Å². The first-order chi connectivity index (χ1) is 9.95. The molecule has 1 N–H and O–H groups in total. The number of methoxy groups -OCH3 is 1. The fraction of sp³-hybridized carbons (Fsp3) is 0.214. The van der Waals surface area contributed by atoms with E-state index in [4.69, 9.17) is 9.84 Å². The van der Waals surface area contributed by atoms with E-state index >= 15 is 0 Å². The van der Waals surface area contributed by atoms with Gasteiger partial charge >= 0.3 is 5.97 Å². The van der Waals surface area contributed by atoms with Gasteiger partial charge in [0.15, 0.2) is 5.13 Å². The summed E-state index contributed by atoms with van der Waals surface area (Å²) in [5.74, 6) is -0.817. The minimum absolute atomic E-state index is 0.117. The van der Waals surface area contributed by atoms with Crippen molar-refractivity contribution in [3.8, 4) is 5.75 Å². The molecule has 6 nitrogen and oxygen atoms in total. The van der Waals surface area contributed by atoms with Crippen LogP contribution in [0.25, 0.3) is 0 Å². The van der Waals surface area contributed by atoms with Gasteiger partial charge in [0.05, 0.1) is 18.5 Å². The minimum Gasteiger partial charge on any atom is -0.495 e. The number of para-hydroxylation sites is 2. The van der Waals surface area contributed by atoms with Crippen LogP contribution in [0.4, 0.5) is 10.8 Å². The third kappa shape index (κ3) is 2.87. The lowest BCUT2D eigenvalue weighted by molar-refractivity contribution is -0.115. The second kappa shape index (κ2) is 5.92. The zero-order valence-electron chi connectivity index (χ0n) is 11.8. The van der Waals surface area contributed by atoms with Gasteiger partial charge in [-0.2, -0.15) is 0 Å². The number of carbonyl (C=O) groups is 2. The molecule has 7 heteroatoms. The Kier molecular flexibility index (Phi) is 4.23. The van der Waals surface area contributed by atoms with Crippen LogP contribution >= 0.6 is 11.3 Å². The van der Waals surface area contributed by atoms with E-state index in [9.17, 15) is 9.59 Å². The van der Waals surface area contributed by atoms with Crippen LogP contribution in [0.2, 0.25) is 0 Å². The van der Waals surface area contributed by atoms with Crippen molar-refractivity contribution in [1.29, 1.82) is 0 Å². The molecule has 0 radical (unpaired) electrons. The molecule has 0 bridgehead atoms. The normalized spacial score (nSPS) is 10.2. The number of nitrogens with zero attached hydrogens (tertiary/aromatic N) is 2. The molecule has 0 aliphatic carbocycles. The van der Waals surface area contributed by atoms with Crippen molar-refractivity contribution in [3.63, 3.8) is 0 Å². The molecule has 1 heterocycles. The number of aryl methyl sites for hydroxylation is 1. The Bertz CT molecular complexity index is 696. The molecule has 1 aromatic carbocycles. The molecular weight excluding hydrogens is 292 g/mol. The standard InChI is InChI=1S/C14H14N2O4S/c1-8-12(13(18)19)21-14(15-8)16(9(2)17)10-6-4-5-7-11(10)20-3/h4-7H,1-3H3,(H,18,19). The van der Waals surface area contributed by atoms with Gasteiger partial charge in [0.2, 0.25) is 5.91 Å². The summed E-state index contributed by atoms with van der Waals surface area (Å²) in [5, 5.41) is 9.42. The molecule has 110 valence electrons. The van der Waals surface area contributed by atoms with Crippen molar-refractivity contribution in [1.82, 2.24) is 4.98 Å². The molecule has 0 saturated carbocycles. The average molecular weight is 306 g/mol. The van der Waals surface area contributed by atoms with Crippen molar-refractivity contribution >= 4 is 34.0 Å². The maximum absolute atomic E-state index is 12.0.